The zero-order valence-corrected chi connectivity index (χ0v) is 10.3. The Morgan fingerprint density at radius 2 is 2.26 bits per heavy atom. The van der Waals surface area contributed by atoms with Crippen LogP contribution in [0.2, 0.25) is 0 Å². The van der Waals surface area contributed by atoms with E-state index in [-0.39, 0.29) is 11.3 Å². The number of aryl methyl sites for hydroxylation is 1. The average molecular weight is 281 g/mol. The highest BCUT2D eigenvalue weighted by molar-refractivity contribution is 5.27. The van der Waals surface area contributed by atoms with Crippen LogP contribution in [-0.2, 0) is 11.1 Å². The van der Waals surface area contributed by atoms with Gasteiger partial charge in [-0.15, -0.1) is 0 Å². The van der Waals surface area contributed by atoms with Crippen LogP contribution in [0.5, 0.6) is 5.75 Å². The van der Waals surface area contributed by atoms with Gasteiger partial charge in [-0.1, -0.05) is 25.9 Å². The van der Waals surface area contributed by atoms with Crippen LogP contribution >= 0.6 is 0 Å². The van der Waals surface area contributed by atoms with Gasteiger partial charge in [0.15, 0.2) is 0 Å². The number of hydrogen-bond acceptors (Lipinski definition) is 4. The number of aliphatic hydroxyl groups is 1. The van der Waals surface area contributed by atoms with Crippen LogP contribution in [0.3, 0.4) is 0 Å². The molecule has 0 aromatic heterocycles. The van der Waals surface area contributed by atoms with Crippen LogP contribution < -0.4 is 10.1 Å². The first kappa shape index (κ1) is 5.02. The highest BCUT2D eigenvalue weighted by Crippen LogP contribution is 2.12. The fourth-order valence-corrected chi connectivity index (χ4v) is 1.07. The molecule has 2 atom stereocenters. The summed E-state index contributed by atoms with van der Waals surface area (Å²) in [4.78, 5) is 0. The molecule has 1 aromatic rings. The molecule has 2 unspecified atom stereocenters. The van der Waals surface area contributed by atoms with E-state index in [9.17, 15) is 5.11 Å². The highest BCUT2D eigenvalue weighted by atomic mass is 16.5. The van der Waals surface area contributed by atoms with Gasteiger partial charge >= 0.3 is 0 Å². The van der Waals surface area contributed by atoms with Crippen molar-refractivity contribution in [2.24, 2.45) is 0 Å². The Hall–Kier alpha value is -1.10. The smallest absolute Gasteiger partial charge is 0.119 e. The summed E-state index contributed by atoms with van der Waals surface area (Å²) in [5.74, 6) is -0.0993. The van der Waals surface area contributed by atoms with Crippen molar-refractivity contribution in [2.75, 3.05) is 26.7 Å². The second-order valence-electron chi connectivity index (χ2n) is 3.46. The highest BCUT2D eigenvalue weighted by Gasteiger charge is 2.05. The van der Waals surface area contributed by atoms with Crippen LogP contribution in [0.4, 0.5) is 0 Å². The lowest BCUT2D eigenvalue weighted by Crippen LogP contribution is -2.35. The van der Waals surface area contributed by atoms with Crippen molar-refractivity contribution in [3.05, 3.63) is 29.8 Å². The van der Waals surface area contributed by atoms with E-state index < -0.39 is 52.0 Å². The minimum Gasteiger partial charge on any atom is -0.491 e. The van der Waals surface area contributed by atoms with Gasteiger partial charge in [0.1, 0.15) is 18.4 Å². The molecular formula is C15H25NO3. The lowest BCUT2D eigenvalue weighted by molar-refractivity contribution is 0.104. The van der Waals surface area contributed by atoms with Gasteiger partial charge in [0.05, 0.1) is 14.8 Å². The molecular weight excluding hydrogens is 242 g/mol. The first-order valence-corrected chi connectivity index (χ1v) is 5.30. The van der Waals surface area contributed by atoms with E-state index in [0.29, 0.717) is 0 Å². The molecule has 0 aliphatic carbocycles. The first-order chi connectivity index (χ1) is 14.3. The van der Waals surface area contributed by atoms with Gasteiger partial charge in [-0.25, -0.2) is 0 Å². The van der Waals surface area contributed by atoms with Crippen molar-refractivity contribution in [1.82, 2.24) is 5.32 Å². The fraction of sp³-hybridized carbons (Fsp3) is 0.600. The quantitative estimate of drug-likeness (QED) is 0.722. The number of methoxy groups -OCH3 is 1. The maximum atomic E-state index is 10.2. The van der Waals surface area contributed by atoms with E-state index in [1.165, 1.54) is 0 Å². The first-order valence-electron chi connectivity index (χ1n) is 12.3. The Morgan fingerprint density at radius 3 is 2.95 bits per heavy atom. The number of rotatable bonds is 9. The molecule has 2 N–H and O–H groups in total. The molecule has 108 valence electrons. The van der Waals surface area contributed by atoms with E-state index in [1.54, 1.807) is 5.32 Å². The third kappa shape index (κ3) is 7.15. The Balaban J connectivity index is 2.97. The van der Waals surface area contributed by atoms with Gasteiger partial charge < -0.3 is 19.9 Å². The molecule has 0 spiro atoms. The van der Waals surface area contributed by atoms with Crippen LogP contribution in [0.15, 0.2) is 24.3 Å². The standard InChI is InChI=1S/C15H25NO3/c1-12(2)16-10-14(17)11-19-15-6-4-13(5-7-15)8-9-18-3/h4-7,12,14,16-17H,8-11H2,1-3H3/i1D3,3D3,8D2,9D2,10D2,12D,14D. The fourth-order valence-electron chi connectivity index (χ4n) is 1.07. The summed E-state index contributed by atoms with van der Waals surface area (Å²) in [7, 11) is -3.19. The molecule has 0 radical (unpaired) electrons. The van der Waals surface area contributed by atoms with E-state index in [2.05, 4.69) is 4.74 Å². The second kappa shape index (κ2) is 8.91. The summed E-state index contributed by atoms with van der Waals surface area (Å²) in [6, 6.07) is 1.76. The molecule has 1 aromatic carbocycles. The van der Waals surface area contributed by atoms with Gasteiger partial charge in [-0.2, -0.15) is 0 Å². The van der Waals surface area contributed by atoms with Crippen molar-refractivity contribution in [1.29, 1.82) is 0 Å². The molecule has 0 aliphatic rings. The molecule has 19 heavy (non-hydrogen) atoms. The molecule has 0 saturated carbocycles. The molecule has 0 bridgehead atoms. The maximum Gasteiger partial charge on any atom is 0.119 e. The van der Waals surface area contributed by atoms with E-state index in [0.717, 1.165) is 31.2 Å². The summed E-state index contributed by atoms with van der Waals surface area (Å²) < 4.78 is 114. The lowest BCUT2D eigenvalue weighted by atomic mass is 10.1. The second-order valence-corrected chi connectivity index (χ2v) is 3.46. The molecule has 0 heterocycles. The summed E-state index contributed by atoms with van der Waals surface area (Å²) >= 11 is 0. The zero-order chi connectivity index (χ0) is 26.3. The zero-order valence-electron chi connectivity index (χ0n) is 24.3. The number of ether oxygens (including phenoxy) is 2. The molecule has 1 rings (SSSR count). The monoisotopic (exact) mass is 281 g/mol. The minimum atomic E-state index is -3.23. The molecule has 4 nitrogen and oxygen atoms in total. The molecule has 4 heteroatoms. The molecule has 0 aliphatic heterocycles. The Labute approximate surface area is 135 Å². The normalized spacial score (nSPS) is 31.9. The maximum absolute atomic E-state index is 10.2. The van der Waals surface area contributed by atoms with Crippen LogP contribution in [0.1, 0.15) is 38.5 Å². The third-order valence-corrected chi connectivity index (χ3v) is 1.87. The number of hydrogen-bond donors (Lipinski definition) is 2. The largest absolute Gasteiger partial charge is 0.491 e. The summed E-state index contributed by atoms with van der Waals surface area (Å²) in [5, 5.41) is 12.0. The Morgan fingerprint density at radius 1 is 1.47 bits per heavy atom. The summed E-state index contributed by atoms with van der Waals surface area (Å²) in [5.41, 5.74) is -0.315. The number of benzene rings is 1. The van der Waals surface area contributed by atoms with E-state index in [4.69, 9.17) is 23.9 Å². The van der Waals surface area contributed by atoms with Crippen LogP contribution in [-0.4, -0.2) is 43.9 Å². The van der Waals surface area contributed by atoms with E-state index >= 15 is 0 Å². The van der Waals surface area contributed by atoms with Gasteiger partial charge in [0.2, 0.25) is 0 Å². The van der Waals surface area contributed by atoms with Crippen molar-refractivity contribution < 1.29 is 33.8 Å². The predicted octanol–water partition coefficient (Wildman–Crippen LogP) is 1.61. The predicted molar refractivity (Wildman–Crippen MR) is 76.7 cm³/mol. The Bertz CT molecular complexity index is 802. The van der Waals surface area contributed by atoms with Gasteiger partial charge in [-0.3, -0.25) is 0 Å². The van der Waals surface area contributed by atoms with Crippen molar-refractivity contribution in [2.45, 2.75) is 32.2 Å². The van der Waals surface area contributed by atoms with Crippen LogP contribution in [0, 0.1) is 0 Å². The van der Waals surface area contributed by atoms with Crippen molar-refractivity contribution >= 4 is 0 Å². The minimum absolute atomic E-state index is 0.0993. The molecule has 0 fully saturated rings. The van der Waals surface area contributed by atoms with Crippen molar-refractivity contribution in [3.63, 3.8) is 0 Å². The van der Waals surface area contributed by atoms with Gasteiger partial charge in [0, 0.05) is 30.5 Å². The third-order valence-electron chi connectivity index (χ3n) is 1.87. The molecule has 0 amide bonds. The van der Waals surface area contributed by atoms with Gasteiger partial charge in [-0.05, 0) is 24.1 Å². The summed E-state index contributed by atoms with van der Waals surface area (Å²) in [6.07, 6.45) is -5.95. The van der Waals surface area contributed by atoms with Crippen LogP contribution in [0.25, 0.3) is 0 Å². The number of nitrogens with one attached hydrogen (secondary N) is 1. The topological polar surface area (TPSA) is 50.7 Å². The molecule has 0 saturated heterocycles. The summed E-state index contributed by atoms with van der Waals surface area (Å²) in [6.45, 7) is -9.47. The van der Waals surface area contributed by atoms with Crippen molar-refractivity contribution in [3.8, 4) is 5.75 Å². The average Bonchev–Trinajstić information content (AvgIpc) is 2.56. The SMILES string of the molecule is [2H]C([2H])([2H])OC([2H])([2H])C([2H])([2H])c1ccc(OCC([2H])(O)C([2H])([2H])NC([2H])(C)C([2H])([2H])[2H])cc1. The lowest BCUT2D eigenvalue weighted by Gasteiger charge is -2.15. The van der Waals surface area contributed by atoms with Gasteiger partial charge in [0.25, 0.3) is 0 Å². The van der Waals surface area contributed by atoms with E-state index in [1.807, 2.05) is 0 Å². The Kier molecular flexibility index (Phi) is 2.36.